The highest BCUT2D eigenvalue weighted by Crippen LogP contribution is 2.47. The van der Waals surface area contributed by atoms with Crippen LogP contribution in [0, 0.1) is 31.0 Å². The van der Waals surface area contributed by atoms with Crippen LogP contribution in [0.2, 0.25) is 5.02 Å². The number of benzene rings is 3. The summed E-state index contributed by atoms with van der Waals surface area (Å²) in [6.45, 7) is 4.27. The van der Waals surface area contributed by atoms with E-state index in [1.807, 2.05) is 38.1 Å². The number of nitriles is 1. The van der Waals surface area contributed by atoms with E-state index in [1.54, 1.807) is 29.2 Å². The minimum absolute atomic E-state index is 0.0160. The first-order valence-electron chi connectivity index (χ1n) is 12.5. The molecule has 0 saturated heterocycles. The molecule has 0 saturated carbocycles. The lowest BCUT2D eigenvalue weighted by molar-refractivity contribution is -0.116. The van der Waals surface area contributed by atoms with Gasteiger partial charge < -0.3 is 10.5 Å². The molecular formula is C31H27ClFN3O2. The van der Waals surface area contributed by atoms with Crippen LogP contribution in [-0.4, -0.2) is 5.78 Å². The van der Waals surface area contributed by atoms with Gasteiger partial charge in [-0.2, -0.15) is 5.26 Å². The number of carbonyl (C=O) groups is 1. The van der Waals surface area contributed by atoms with Crippen molar-refractivity contribution in [3.05, 3.63) is 116 Å². The number of hydrogen-bond acceptors (Lipinski definition) is 5. The Balaban J connectivity index is 1.63. The smallest absolute Gasteiger partial charge is 0.161 e. The molecule has 0 spiro atoms. The number of ether oxygens (including phenoxy) is 1. The Kier molecular flexibility index (Phi) is 6.96. The molecular weight excluding hydrogens is 501 g/mol. The van der Waals surface area contributed by atoms with E-state index in [0.717, 1.165) is 28.0 Å². The monoisotopic (exact) mass is 527 g/mol. The Morgan fingerprint density at radius 2 is 1.89 bits per heavy atom. The lowest BCUT2D eigenvalue weighted by Gasteiger charge is -2.40. The van der Waals surface area contributed by atoms with Gasteiger partial charge in [0.1, 0.15) is 24.0 Å². The summed E-state index contributed by atoms with van der Waals surface area (Å²) in [6.07, 6.45) is 1.66. The second kappa shape index (κ2) is 10.4. The summed E-state index contributed by atoms with van der Waals surface area (Å²) in [5, 5.41) is 11.0. The predicted molar refractivity (Wildman–Crippen MR) is 146 cm³/mol. The highest BCUT2D eigenvalue weighted by atomic mass is 35.5. The van der Waals surface area contributed by atoms with E-state index in [2.05, 4.69) is 6.07 Å². The fourth-order valence-electron chi connectivity index (χ4n) is 5.41. The Morgan fingerprint density at radius 1 is 1.13 bits per heavy atom. The first kappa shape index (κ1) is 25.6. The van der Waals surface area contributed by atoms with Gasteiger partial charge in [-0.05, 0) is 85.8 Å². The van der Waals surface area contributed by atoms with Gasteiger partial charge in [0.2, 0.25) is 0 Å². The summed E-state index contributed by atoms with van der Waals surface area (Å²) < 4.78 is 20.2. The van der Waals surface area contributed by atoms with Crippen LogP contribution < -0.4 is 15.4 Å². The minimum atomic E-state index is -0.609. The summed E-state index contributed by atoms with van der Waals surface area (Å²) in [7, 11) is 0. The molecule has 2 aliphatic rings. The van der Waals surface area contributed by atoms with Gasteiger partial charge in [0, 0.05) is 22.7 Å². The van der Waals surface area contributed by atoms with Crippen molar-refractivity contribution in [3.8, 4) is 11.8 Å². The molecule has 38 heavy (non-hydrogen) atoms. The van der Waals surface area contributed by atoms with Crippen LogP contribution >= 0.6 is 11.6 Å². The van der Waals surface area contributed by atoms with Gasteiger partial charge in [-0.15, -0.1) is 0 Å². The molecule has 3 aromatic carbocycles. The molecule has 0 amide bonds. The topological polar surface area (TPSA) is 79.3 Å². The maximum Gasteiger partial charge on any atom is 0.161 e. The van der Waals surface area contributed by atoms with Crippen LogP contribution in [0.15, 0.2) is 83.3 Å². The fourth-order valence-corrected chi connectivity index (χ4v) is 5.54. The van der Waals surface area contributed by atoms with Crippen LogP contribution in [0.3, 0.4) is 0 Å². The predicted octanol–water partition coefficient (Wildman–Crippen LogP) is 6.98. The first-order chi connectivity index (χ1) is 18.3. The number of aryl methyl sites for hydroxylation is 1. The van der Waals surface area contributed by atoms with Crippen molar-refractivity contribution in [1.29, 1.82) is 5.26 Å². The van der Waals surface area contributed by atoms with Gasteiger partial charge >= 0.3 is 0 Å². The van der Waals surface area contributed by atoms with Gasteiger partial charge in [0.25, 0.3) is 0 Å². The summed E-state index contributed by atoms with van der Waals surface area (Å²) in [4.78, 5) is 15.2. The van der Waals surface area contributed by atoms with Crippen molar-refractivity contribution >= 4 is 23.1 Å². The van der Waals surface area contributed by atoms with Gasteiger partial charge in [-0.1, -0.05) is 35.4 Å². The number of allylic oxidation sites excluding steroid dienone is 3. The van der Waals surface area contributed by atoms with Crippen molar-refractivity contribution in [1.82, 2.24) is 0 Å². The van der Waals surface area contributed by atoms with Crippen molar-refractivity contribution in [2.45, 2.75) is 45.6 Å². The van der Waals surface area contributed by atoms with Crippen molar-refractivity contribution in [3.63, 3.8) is 0 Å². The summed E-state index contributed by atoms with van der Waals surface area (Å²) in [5.74, 6) is -0.134. The normalized spacial score (nSPS) is 17.4. The second-order valence-electron chi connectivity index (χ2n) is 9.68. The highest BCUT2D eigenvalue weighted by molar-refractivity contribution is 6.30. The largest absolute Gasteiger partial charge is 0.489 e. The van der Waals surface area contributed by atoms with Crippen molar-refractivity contribution in [2.75, 3.05) is 4.90 Å². The molecule has 3 aromatic rings. The molecule has 7 heteroatoms. The van der Waals surface area contributed by atoms with Crippen LogP contribution in [0.25, 0.3) is 0 Å². The molecule has 1 heterocycles. The first-order valence-corrected chi connectivity index (χ1v) is 12.9. The van der Waals surface area contributed by atoms with E-state index in [-0.39, 0.29) is 17.2 Å². The molecule has 0 bridgehead atoms. The molecule has 192 valence electrons. The van der Waals surface area contributed by atoms with E-state index >= 15 is 0 Å². The molecule has 0 aromatic heterocycles. The molecule has 1 aliphatic carbocycles. The maximum atomic E-state index is 14.2. The Bertz CT molecular complexity index is 1540. The molecule has 0 radical (unpaired) electrons. The quantitative estimate of drug-likeness (QED) is 0.387. The van der Waals surface area contributed by atoms with Crippen LogP contribution in [-0.2, 0) is 11.4 Å². The third kappa shape index (κ3) is 4.66. The molecule has 1 aliphatic heterocycles. The lowest BCUT2D eigenvalue weighted by atomic mass is 9.73. The SMILES string of the molecule is Cc1cc(COc2ccc(Cl)cc2)c(C)c(C2C(C#N)=C(N)N(c3cccc(F)c3)C3=C2C(=O)CCC3)c1. The van der Waals surface area contributed by atoms with Crippen molar-refractivity contribution < 1.29 is 13.9 Å². The maximum absolute atomic E-state index is 14.2. The molecule has 1 unspecified atom stereocenters. The van der Waals surface area contributed by atoms with Crippen molar-refractivity contribution in [2.24, 2.45) is 5.73 Å². The summed E-state index contributed by atoms with van der Waals surface area (Å²) >= 11 is 6.00. The number of rotatable bonds is 5. The number of carbonyl (C=O) groups excluding carboxylic acids is 1. The Hall–Kier alpha value is -4.08. The zero-order chi connectivity index (χ0) is 27.0. The van der Waals surface area contributed by atoms with Crippen LogP contribution in [0.1, 0.15) is 47.4 Å². The average molecular weight is 528 g/mol. The lowest BCUT2D eigenvalue weighted by Crippen LogP contribution is -2.39. The van der Waals surface area contributed by atoms with E-state index < -0.39 is 11.7 Å². The number of Topliss-reactive ketones (excluding diaryl/α,β-unsaturated/α-hetero) is 1. The van der Waals surface area contributed by atoms with E-state index in [9.17, 15) is 14.4 Å². The van der Waals surface area contributed by atoms with E-state index in [4.69, 9.17) is 22.1 Å². The number of anilines is 1. The van der Waals surface area contributed by atoms with Crippen LogP contribution in [0.4, 0.5) is 10.1 Å². The van der Waals surface area contributed by atoms with Gasteiger partial charge in [0.15, 0.2) is 5.78 Å². The molecule has 0 fully saturated rings. The van der Waals surface area contributed by atoms with Gasteiger partial charge in [-0.25, -0.2) is 4.39 Å². The Labute approximate surface area is 226 Å². The number of nitrogens with zero attached hydrogens (tertiary/aromatic N) is 2. The number of ketones is 1. The summed E-state index contributed by atoms with van der Waals surface area (Å²) in [6, 6.07) is 19.6. The third-order valence-corrected chi connectivity index (χ3v) is 7.45. The number of nitrogens with two attached hydrogens (primary N) is 1. The Morgan fingerprint density at radius 3 is 2.61 bits per heavy atom. The number of halogens is 2. The van der Waals surface area contributed by atoms with E-state index in [1.165, 1.54) is 12.1 Å². The van der Waals surface area contributed by atoms with Crippen LogP contribution in [0.5, 0.6) is 5.75 Å². The zero-order valence-corrected chi connectivity index (χ0v) is 22.0. The summed E-state index contributed by atoms with van der Waals surface area (Å²) in [5.41, 5.74) is 12.4. The molecule has 5 rings (SSSR count). The zero-order valence-electron chi connectivity index (χ0n) is 21.2. The minimum Gasteiger partial charge on any atom is -0.489 e. The molecule has 1 atom stereocenters. The molecule has 5 nitrogen and oxygen atoms in total. The standard InChI is InChI=1S/C31H27ClFN3O2/c1-18-13-20(17-38-24-11-9-21(32)10-12-24)19(2)25(14-18)29-26(16-34)31(35)36(23-6-3-5-22(33)15-23)27-7-4-8-28(37)30(27)29/h3,5-6,9-15,29H,4,7-8,17,35H2,1-2H3. The molecule has 2 N–H and O–H groups in total. The fraction of sp³-hybridized carbons (Fsp3) is 0.226. The number of hydrogen-bond donors (Lipinski definition) is 1. The van der Waals surface area contributed by atoms with Gasteiger partial charge in [0.05, 0.1) is 23.2 Å². The third-order valence-electron chi connectivity index (χ3n) is 7.20. The van der Waals surface area contributed by atoms with Gasteiger partial charge in [-0.3, -0.25) is 9.69 Å². The average Bonchev–Trinajstić information content (AvgIpc) is 2.89. The van der Waals surface area contributed by atoms with E-state index in [0.29, 0.717) is 47.9 Å². The second-order valence-corrected chi connectivity index (χ2v) is 10.1. The highest BCUT2D eigenvalue weighted by Gasteiger charge is 2.41.